The molecule has 0 unspecified atom stereocenters. The van der Waals surface area contributed by atoms with Crippen molar-refractivity contribution in [3.63, 3.8) is 0 Å². The summed E-state index contributed by atoms with van der Waals surface area (Å²) in [5.41, 5.74) is 9.14. The van der Waals surface area contributed by atoms with Gasteiger partial charge >= 0.3 is 6.09 Å². The average Bonchev–Trinajstić information content (AvgIpc) is 2.78. The average molecular weight is 461 g/mol. The van der Waals surface area contributed by atoms with Crippen LogP contribution in [0.5, 0.6) is 0 Å². The predicted octanol–water partition coefficient (Wildman–Crippen LogP) is 3.55. The van der Waals surface area contributed by atoms with Crippen molar-refractivity contribution in [2.45, 2.75) is 32.4 Å². The number of halogens is 2. The standard InChI is InChI=1S/C22H25FN6O2.ClH/c1-2-31-22(30)29-7-5-17(6-8-29)25-12-14-9-15(11-16(23)10-14)18-3-4-19-20(28-18)21(24)27-13-26-19;/h3-4,9-11,13,17,25H,2,5-8,12H2,1H3,(H2,24,26,27);1H. The number of nitrogens with zero attached hydrogens (tertiary/aromatic N) is 4. The fraction of sp³-hybridized carbons (Fsp3) is 0.364. The van der Waals surface area contributed by atoms with E-state index in [1.807, 2.05) is 6.07 Å². The van der Waals surface area contributed by atoms with Crippen LogP contribution in [0.4, 0.5) is 15.0 Å². The molecule has 3 N–H and O–H groups in total. The number of hydrogen-bond acceptors (Lipinski definition) is 7. The normalized spacial score (nSPS) is 14.2. The molecule has 8 nitrogen and oxygen atoms in total. The summed E-state index contributed by atoms with van der Waals surface area (Å²) < 4.78 is 19.4. The number of pyridine rings is 1. The number of carbonyl (C=O) groups excluding carboxylic acids is 1. The second-order valence-corrected chi connectivity index (χ2v) is 7.51. The number of hydrogen-bond donors (Lipinski definition) is 2. The number of benzene rings is 1. The van der Waals surface area contributed by atoms with E-state index >= 15 is 0 Å². The van der Waals surface area contributed by atoms with Crippen molar-refractivity contribution in [1.82, 2.24) is 25.2 Å². The van der Waals surface area contributed by atoms with Gasteiger partial charge in [-0.15, -0.1) is 12.4 Å². The number of nitrogen functional groups attached to an aromatic ring is 1. The first kappa shape index (κ1) is 23.6. The first-order chi connectivity index (χ1) is 15.0. The van der Waals surface area contributed by atoms with E-state index in [1.165, 1.54) is 18.5 Å². The van der Waals surface area contributed by atoms with E-state index in [1.54, 1.807) is 24.0 Å². The maximum Gasteiger partial charge on any atom is 0.409 e. The van der Waals surface area contributed by atoms with Crippen LogP contribution in [0, 0.1) is 5.82 Å². The van der Waals surface area contributed by atoms with Crippen LogP contribution in [0.15, 0.2) is 36.7 Å². The van der Waals surface area contributed by atoms with Gasteiger partial charge < -0.3 is 20.7 Å². The summed E-state index contributed by atoms with van der Waals surface area (Å²) >= 11 is 0. The van der Waals surface area contributed by atoms with Gasteiger partial charge in [-0.2, -0.15) is 0 Å². The van der Waals surface area contributed by atoms with Gasteiger partial charge in [0, 0.05) is 31.2 Å². The molecule has 0 aliphatic carbocycles. The topological polar surface area (TPSA) is 106 Å². The van der Waals surface area contributed by atoms with Gasteiger partial charge in [-0.05, 0) is 55.7 Å². The Morgan fingerprint density at radius 3 is 2.78 bits per heavy atom. The minimum Gasteiger partial charge on any atom is -0.450 e. The molecule has 4 rings (SSSR count). The number of nitrogens with one attached hydrogen (secondary N) is 1. The molecular formula is C22H26ClFN6O2. The molecule has 1 aliphatic heterocycles. The van der Waals surface area contributed by atoms with Crippen molar-refractivity contribution in [3.8, 4) is 11.3 Å². The number of ether oxygens (including phenoxy) is 1. The number of piperidine rings is 1. The summed E-state index contributed by atoms with van der Waals surface area (Å²) in [7, 11) is 0. The molecule has 32 heavy (non-hydrogen) atoms. The molecule has 1 amide bonds. The Kier molecular flexibility index (Phi) is 7.76. The van der Waals surface area contributed by atoms with Crippen molar-refractivity contribution in [2.24, 2.45) is 0 Å². The van der Waals surface area contributed by atoms with Crippen molar-refractivity contribution in [3.05, 3.63) is 48.0 Å². The van der Waals surface area contributed by atoms with E-state index < -0.39 is 0 Å². The molecule has 0 bridgehead atoms. The lowest BCUT2D eigenvalue weighted by Crippen LogP contribution is -2.44. The molecule has 0 spiro atoms. The third kappa shape index (κ3) is 5.41. The van der Waals surface area contributed by atoms with E-state index in [0.29, 0.717) is 54.3 Å². The third-order valence-electron chi connectivity index (χ3n) is 5.38. The number of amides is 1. The lowest BCUT2D eigenvalue weighted by molar-refractivity contribution is 0.0950. The number of aromatic nitrogens is 3. The number of likely N-dealkylation sites (tertiary alicyclic amines) is 1. The van der Waals surface area contributed by atoms with Gasteiger partial charge in [0.25, 0.3) is 0 Å². The van der Waals surface area contributed by atoms with Crippen LogP contribution in [-0.4, -0.2) is 51.7 Å². The molecule has 1 saturated heterocycles. The first-order valence-corrected chi connectivity index (χ1v) is 10.4. The Morgan fingerprint density at radius 2 is 2.03 bits per heavy atom. The zero-order chi connectivity index (χ0) is 21.8. The van der Waals surface area contributed by atoms with Crippen LogP contribution >= 0.6 is 12.4 Å². The van der Waals surface area contributed by atoms with Gasteiger partial charge in [0.15, 0.2) is 5.82 Å². The summed E-state index contributed by atoms with van der Waals surface area (Å²) in [6, 6.07) is 8.74. The second-order valence-electron chi connectivity index (χ2n) is 7.51. The van der Waals surface area contributed by atoms with Crippen molar-refractivity contribution >= 4 is 35.4 Å². The van der Waals surface area contributed by atoms with Crippen LogP contribution in [0.25, 0.3) is 22.3 Å². The Labute approximate surface area is 191 Å². The molecule has 0 atom stereocenters. The maximum atomic E-state index is 14.3. The van der Waals surface area contributed by atoms with Gasteiger partial charge in [0.05, 0.1) is 17.8 Å². The van der Waals surface area contributed by atoms with Crippen molar-refractivity contribution in [1.29, 1.82) is 0 Å². The largest absolute Gasteiger partial charge is 0.450 e. The minimum atomic E-state index is -0.328. The lowest BCUT2D eigenvalue weighted by atomic mass is 10.0. The zero-order valence-electron chi connectivity index (χ0n) is 17.8. The van der Waals surface area contributed by atoms with E-state index in [2.05, 4.69) is 20.3 Å². The van der Waals surface area contributed by atoms with E-state index in [9.17, 15) is 9.18 Å². The Bertz CT molecular complexity index is 1090. The molecule has 1 aliphatic rings. The maximum absolute atomic E-state index is 14.3. The summed E-state index contributed by atoms with van der Waals surface area (Å²) in [6.45, 7) is 4.00. The van der Waals surface area contributed by atoms with Crippen LogP contribution in [0.1, 0.15) is 25.3 Å². The Balaban J connectivity index is 0.00000289. The number of nitrogens with two attached hydrogens (primary N) is 1. The number of fused-ring (bicyclic) bond motifs is 1. The van der Waals surface area contributed by atoms with Gasteiger partial charge in [0.1, 0.15) is 17.7 Å². The summed E-state index contributed by atoms with van der Waals surface area (Å²) in [5, 5.41) is 3.47. The quantitative estimate of drug-likeness (QED) is 0.599. The Morgan fingerprint density at radius 1 is 1.25 bits per heavy atom. The van der Waals surface area contributed by atoms with Crippen LogP contribution in [0.3, 0.4) is 0 Å². The zero-order valence-corrected chi connectivity index (χ0v) is 18.6. The molecule has 10 heteroatoms. The van der Waals surface area contributed by atoms with Crippen LogP contribution < -0.4 is 11.1 Å². The van der Waals surface area contributed by atoms with Gasteiger partial charge in [0.2, 0.25) is 0 Å². The highest BCUT2D eigenvalue weighted by Crippen LogP contribution is 2.24. The second kappa shape index (κ2) is 10.5. The SMILES string of the molecule is CCOC(=O)N1CCC(NCc2cc(F)cc(-c3ccc4ncnc(N)c4n3)c2)CC1.Cl. The van der Waals surface area contributed by atoms with Crippen LogP contribution in [0.2, 0.25) is 0 Å². The molecule has 170 valence electrons. The highest BCUT2D eigenvalue weighted by molar-refractivity contribution is 5.86. The molecule has 3 heterocycles. The lowest BCUT2D eigenvalue weighted by Gasteiger charge is -2.31. The van der Waals surface area contributed by atoms with Crippen molar-refractivity contribution in [2.75, 3.05) is 25.4 Å². The van der Waals surface area contributed by atoms with Gasteiger partial charge in [-0.1, -0.05) is 0 Å². The highest BCUT2D eigenvalue weighted by atomic mass is 35.5. The summed E-state index contributed by atoms with van der Waals surface area (Å²) in [6.07, 6.45) is 2.78. The van der Waals surface area contributed by atoms with E-state index in [0.717, 1.165) is 18.4 Å². The monoisotopic (exact) mass is 460 g/mol. The third-order valence-corrected chi connectivity index (χ3v) is 5.38. The van der Waals surface area contributed by atoms with Crippen LogP contribution in [-0.2, 0) is 11.3 Å². The molecule has 2 aromatic heterocycles. The minimum absolute atomic E-state index is 0. The smallest absolute Gasteiger partial charge is 0.409 e. The first-order valence-electron chi connectivity index (χ1n) is 10.4. The van der Waals surface area contributed by atoms with E-state index in [-0.39, 0.29) is 30.4 Å². The summed E-state index contributed by atoms with van der Waals surface area (Å²) in [4.78, 5) is 26.2. The molecule has 1 fully saturated rings. The molecule has 3 aromatic rings. The van der Waals surface area contributed by atoms with Gasteiger partial charge in [-0.3, -0.25) is 0 Å². The van der Waals surface area contributed by atoms with Gasteiger partial charge in [-0.25, -0.2) is 24.1 Å². The molecule has 0 saturated carbocycles. The fourth-order valence-electron chi connectivity index (χ4n) is 3.76. The number of anilines is 1. The number of carbonyl (C=O) groups is 1. The van der Waals surface area contributed by atoms with E-state index in [4.69, 9.17) is 10.5 Å². The van der Waals surface area contributed by atoms with Crippen molar-refractivity contribution < 1.29 is 13.9 Å². The molecule has 1 aromatic carbocycles. The Hall–Kier alpha value is -3.04. The summed E-state index contributed by atoms with van der Waals surface area (Å²) in [5.74, 6) is -0.0371. The molecule has 0 radical (unpaired) electrons. The fourth-order valence-corrected chi connectivity index (χ4v) is 3.76. The predicted molar refractivity (Wildman–Crippen MR) is 123 cm³/mol. The molecular weight excluding hydrogens is 435 g/mol. The number of rotatable bonds is 5. The highest BCUT2D eigenvalue weighted by Gasteiger charge is 2.23.